The first kappa shape index (κ1) is 19.9. The lowest BCUT2D eigenvalue weighted by molar-refractivity contribution is 1.20. The lowest BCUT2D eigenvalue weighted by Crippen LogP contribution is -1.94. The third-order valence-electron chi connectivity index (χ3n) is 12.3. The summed E-state index contributed by atoms with van der Waals surface area (Å²) in [6.07, 6.45) is 0. The molecule has 0 aliphatic carbocycles. The molecule has 0 aliphatic heterocycles. The number of rotatable bonds is 2. The van der Waals surface area contributed by atoms with Crippen LogP contribution in [0, 0.1) is 0 Å². The van der Waals surface area contributed by atoms with Gasteiger partial charge in [-0.05, 0) is 60.5 Å². The lowest BCUT2D eigenvalue weighted by Gasteiger charge is -2.11. The van der Waals surface area contributed by atoms with Gasteiger partial charge in [-0.2, -0.15) is 0 Å². The highest BCUT2D eigenvalue weighted by Gasteiger charge is 2.26. The largest absolute Gasteiger partial charge is 0.309 e. The van der Waals surface area contributed by atoms with E-state index in [0.717, 1.165) is 21.5 Å². The fourth-order valence-corrected chi connectivity index (χ4v) is 10.1. The molecule has 15 rings (SSSR count). The molecule has 0 fully saturated rings. The van der Waals surface area contributed by atoms with E-state index in [9.17, 15) is 13.7 Å². The van der Waals surface area contributed by atoms with Crippen LogP contribution in [0.4, 0.5) is 0 Å². The van der Waals surface area contributed by atoms with Crippen molar-refractivity contribution in [3.05, 3.63) is 182 Å². The molecule has 0 aliphatic rings. The molecule has 0 unspecified atom stereocenters. The summed E-state index contributed by atoms with van der Waals surface area (Å²) >= 11 is 0. The van der Waals surface area contributed by atoms with Crippen LogP contribution in [0.25, 0.3) is 131 Å². The Morgan fingerprint density at radius 2 is 0.655 bits per heavy atom. The smallest absolute Gasteiger partial charge is 0.0653 e. The van der Waals surface area contributed by atoms with Crippen LogP contribution in [0.2, 0.25) is 0 Å². The highest BCUT2D eigenvalue weighted by atomic mass is 15.0. The van der Waals surface area contributed by atoms with Gasteiger partial charge in [0.2, 0.25) is 0 Å². The summed E-state index contributed by atoms with van der Waals surface area (Å²) in [5.41, 5.74) is 3.34. The molecule has 0 radical (unpaired) electrons. The first-order valence-corrected chi connectivity index (χ1v) is 19.0. The second-order valence-corrected chi connectivity index (χ2v) is 14.9. The monoisotopic (exact) mass is 748 g/mol. The van der Waals surface area contributed by atoms with Crippen molar-refractivity contribution in [2.24, 2.45) is 0 Å². The van der Waals surface area contributed by atoms with Gasteiger partial charge in [0.1, 0.15) is 0 Å². The molecule has 266 valence electrons. The third kappa shape index (κ3) is 3.30. The maximum Gasteiger partial charge on any atom is 0.0653 e. The molecule has 4 heteroatoms. The molecule has 6 heterocycles. The van der Waals surface area contributed by atoms with Gasteiger partial charge in [0.25, 0.3) is 0 Å². The molecular formula is C54H30N4. The molecule has 4 nitrogen and oxygen atoms in total. The highest BCUT2D eigenvalue weighted by Crippen LogP contribution is 2.48. The molecule has 0 atom stereocenters. The maximum atomic E-state index is 10.4. The fourth-order valence-electron chi connectivity index (χ4n) is 10.1. The second-order valence-electron chi connectivity index (χ2n) is 14.9. The Morgan fingerprint density at radius 3 is 1.05 bits per heavy atom. The van der Waals surface area contributed by atoms with E-state index in [0.29, 0.717) is 22.1 Å². The molecule has 0 saturated heterocycles. The quantitative estimate of drug-likeness (QED) is 0.168. The van der Waals surface area contributed by atoms with Crippen LogP contribution < -0.4 is 0 Å². The lowest BCUT2D eigenvalue weighted by atomic mass is 10.0. The molecule has 0 saturated carbocycles. The minimum absolute atomic E-state index is 0.00391. The van der Waals surface area contributed by atoms with Crippen molar-refractivity contribution in [1.29, 1.82) is 0 Å². The number of hydrogen-bond donors (Lipinski definition) is 0. The average Bonchev–Trinajstić information content (AvgIpc) is 4.23. The van der Waals surface area contributed by atoms with E-state index >= 15 is 0 Å². The van der Waals surface area contributed by atoms with Crippen LogP contribution in [0.1, 0.15) is 19.2 Å². The minimum Gasteiger partial charge on any atom is -0.309 e. The van der Waals surface area contributed by atoms with Crippen molar-refractivity contribution in [2.45, 2.75) is 0 Å². The van der Waals surface area contributed by atoms with Crippen LogP contribution in [-0.2, 0) is 0 Å². The Balaban J connectivity index is 1.23. The number of para-hydroxylation sites is 6. The molecule has 0 amide bonds. The van der Waals surface area contributed by atoms with E-state index in [2.05, 4.69) is 0 Å². The van der Waals surface area contributed by atoms with Gasteiger partial charge in [-0.15, -0.1) is 0 Å². The van der Waals surface area contributed by atoms with Gasteiger partial charge in [0.05, 0.1) is 85.7 Å². The normalized spacial score (nSPS) is 16.2. The van der Waals surface area contributed by atoms with E-state index in [-0.39, 0.29) is 124 Å². The molecule has 9 aromatic carbocycles. The Bertz CT molecular complexity index is 4680. The number of hydrogen-bond acceptors (Lipinski definition) is 0. The van der Waals surface area contributed by atoms with Gasteiger partial charge in [0, 0.05) is 64.6 Å². The Morgan fingerprint density at radius 1 is 0.293 bits per heavy atom. The van der Waals surface area contributed by atoms with Gasteiger partial charge in [-0.1, -0.05) is 121 Å². The summed E-state index contributed by atoms with van der Waals surface area (Å²) in [5, 5.41) is 4.01. The van der Waals surface area contributed by atoms with E-state index in [4.69, 9.17) is 5.48 Å². The zero-order valence-corrected chi connectivity index (χ0v) is 30.0. The number of aromatic nitrogens is 4. The first-order valence-electron chi connectivity index (χ1n) is 26.0. The number of benzene rings is 9. The SMILES string of the molecule is [2H]c1c([2H])c([2H])c2c(c1[2H])c1c(-n3c4ccccc4c4ccccc43)c([2H])c([2H])c3c4c([2H])c5c(c([2H])c4n2c31)c1c([2H])c([2H])c(-n2c3ccccc3c3ccccc32)c2c3c([2H])c([2H])c([2H])c([2H])c3n5c12. The van der Waals surface area contributed by atoms with Crippen molar-refractivity contribution < 1.29 is 19.2 Å². The summed E-state index contributed by atoms with van der Waals surface area (Å²) in [5.74, 6) is 0. The van der Waals surface area contributed by atoms with Gasteiger partial charge in [0.15, 0.2) is 0 Å². The molecule has 0 spiro atoms. The Kier molecular flexibility index (Phi) is 3.47. The first-order chi connectivity index (χ1) is 34.7. The van der Waals surface area contributed by atoms with Gasteiger partial charge < -0.3 is 17.9 Å². The molecule has 15 aromatic rings. The fraction of sp³-hybridized carbons (Fsp3) is 0. The van der Waals surface area contributed by atoms with Crippen molar-refractivity contribution in [1.82, 2.24) is 17.9 Å². The van der Waals surface area contributed by atoms with Gasteiger partial charge in [-0.3, -0.25) is 0 Å². The van der Waals surface area contributed by atoms with Gasteiger partial charge >= 0.3 is 0 Å². The third-order valence-corrected chi connectivity index (χ3v) is 12.3. The molecular weight excluding hydrogens is 705 g/mol. The van der Waals surface area contributed by atoms with Crippen molar-refractivity contribution >= 4 is 120 Å². The summed E-state index contributed by atoms with van der Waals surface area (Å²) in [6, 6.07) is 24.6. The summed E-state index contributed by atoms with van der Waals surface area (Å²) in [7, 11) is 0. The van der Waals surface area contributed by atoms with E-state index in [1.54, 1.807) is 0 Å². The minimum atomic E-state index is -0.554. The predicted molar refractivity (Wildman–Crippen MR) is 244 cm³/mol. The van der Waals surface area contributed by atoms with Crippen LogP contribution in [0.3, 0.4) is 0 Å². The van der Waals surface area contributed by atoms with Crippen LogP contribution in [-0.4, -0.2) is 17.9 Å². The molecule has 6 aromatic heterocycles. The van der Waals surface area contributed by atoms with Crippen LogP contribution >= 0.6 is 0 Å². The Hall–Kier alpha value is -7.82. The molecule has 58 heavy (non-hydrogen) atoms. The van der Waals surface area contributed by atoms with Crippen LogP contribution in [0.15, 0.2) is 182 Å². The second kappa shape index (κ2) is 10.1. The van der Waals surface area contributed by atoms with E-state index in [1.165, 1.54) is 8.80 Å². The standard InChI is InChI=1S/C54H30N4/c1-7-19-41-31(13-1)32-14-2-8-20-42(32)55(41)47-27-25-35-39-29-50-40(30-49(39)57-45-23-11-5-17-37(45)51(47)53(35)57)36-26-28-48(52-38-18-6-12-24-46(38)58(50)54(36)52)56-43-21-9-3-15-33(43)34-16-4-10-22-44(34)56/h1-30H/i5D,6D,11D,12D,17D,18D,23D,24D,25D,26D,27D,28D,29D,30D. The van der Waals surface area contributed by atoms with E-state index in [1.807, 2.05) is 106 Å². The van der Waals surface area contributed by atoms with E-state index < -0.39 is 48.3 Å². The number of nitrogens with zero attached hydrogens (tertiary/aromatic N) is 4. The topological polar surface area (TPSA) is 18.7 Å². The van der Waals surface area contributed by atoms with Crippen molar-refractivity contribution in [2.75, 3.05) is 0 Å². The summed E-state index contributed by atoms with van der Waals surface area (Å²) < 4.78 is 141. The average molecular weight is 749 g/mol. The summed E-state index contributed by atoms with van der Waals surface area (Å²) in [4.78, 5) is 0. The number of fused-ring (bicyclic) bond motifs is 18. The van der Waals surface area contributed by atoms with Crippen LogP contribution in [0.5, 0.6) is 0 Å². The predicted octanol–water partition coefficient (Wildman–Crippen LogP) is 14.2. The van der Waals surface area contributed by atoms with Gasteiger partial charge in [-0.25, -0.2) is 0 Å². The molecule has 0 N–H and O–H groups in total. The zero-order chi connectivity index (χ0) is 49.6. The zero-order valence-electron chi connectivity index (χ0n) is 44.0. The maximum absolute atomic E-state index is 10.4. The molecule has 0 bridgehead atoms. The highest BCUT2D eigenvalue weighted by molar-refractivity contribution is 6.31. The van der Waals surface area contributed by atoms with Crippen molar-refractivity contribution in [3.8, 4) is 11.4 Å². The summed E-state index contributed by atoms with van der Waals surface area (Å²) in [6.45, 7) is 0. The van der Waals surface area contributed by atoms with Crippen molar-refractivity contribution in [3.63, 3.8) is 0 Å². The Labute approximate surface area is 349 Å².